The van der Waals surface area contributed by atoms with Gasteiger partial charge in [-0.15, -0.1) is 11.3 Å². The summed E-state index contributed by atoms with van der Waals surface area (Å²) in [7, 11) is 0. The fraction of sp³-hybridized carbons (Fsp3) is 0.217. The molecule has 136 valence electrons. The summed E-state index contributed by atoms with van der Waals surface area (Å²) >= 11 is 1.61. The molecule has 1 N–H and O–H groups in total. The zero-order valence-electron chi connectivity index (χ0n) is 15.4. The Bertz CT molecular complexity index is 948. The number of aryl methyl sites for hydroxylation is 2. The summed E-state index contributed by atoms with van der Waals surface area (Å²) in [5.41, 5.74) is 8.20. The number of hydrogen-bond donors (Lipinski definition) is 1. The van der Waals surface area contributed by atoms with Crippen molar-refractivity contribution < 1.29 is 4.79 Å². The molecule has 0 atom stereocenters. The van der Waals surface area contributed by atoms with Crippen LogP contribution in [0.15, 0.2) is 65.8 Å². The lowest BCUT2D eigenvalue weighted by molar-refractivity contribution is 0.0959. The van der Waals surface area contributed by atoms with Gasteiger partial charge >= 0.3 is 0 Å². The Balaban J connectivity index is 1.44. The number of nitrogens with zero attached hydrogens (tertiary/aromatic N) is 1. The average molecular weight is 375 g/mol. The van der Waals surface area contributed by atoms with Gasteiger partial charge < -0.3 is 0 Å². The average Bonchev–Trinajstić information content (AvgIpc) is 3.17. The van der Waals surface area contributed by atoms with Gasteiger partial charge in [-0.3, -0.25) is 4.79 Å². The molecule has 0 saturated carbocycles. The SMILES string of the molecule is C/C(=N/NC(=O)c1cc2c(s1)CCCC2)c1ccc(-c2ccccc2)cc1. The van der Waals surface area contributed by atoms with E-state index in [1.54, 1.807) is 11.3 Å². The molecule has 27 heavy (non-hydrogen) atoms. The van der Waals surface area contributed by atoms with Gasteiger partial charge in [0, 0.05) is 4.88 Å². The first-order valence-corrected chi connectivity index (χ1v) is 10.1. The highest BCUT2D eigenvalue weighted by Gasteiger charge is 2.17. The Kier molecular flexibility index (Phi) is 5.16. The molecule has 4 rings (SSSR count). The molecule has 0 spiro atoms. The van der Waals surface area contributed by atoms with E-state index in [9.17, 15) is 4.79 Å². The number of carbonyl (C=O) groups is 1. The quantitative estimate of drug-likeness (QED) is 0.479. The van der Waals surface area contributed by atoms with Crippen molar-refractivity contribution >= 4 is 23.0 Å². The van der Waals surface area contributed by atoms with Crippen LogP contribution in [0, 0.1) is 0 Å². The van der Waals surface area contributed by atoms with Crippen LogP contribution in [0.25, 0.3) is 11.1 Å². The highest BCUT2D eigenvalue weighted by Crippen LogP contribution is 2.29. The fourth-order valence-electron chi connectivity index (χ4n) is 3.39. The minimum atomic E-state index is -0.116. The predicted molar refractivity (Wildman–Crippen MR) is 113 cm³/mol. The monoisotopic (exact) mass is 374 g/mol. The van der Waals surface area contributed by atoms with Crippen LogP contribution < -0.4 is 5.43 Å². The van der Waals surface area contributed by atoms with Crippen molar-refractivity contribution in [2.45, 2.75) is 32.6 Å². The number of hydrogen-bond acceptors (Lipinski definition) is 3. The Hall–Kier alpha value is -2.72. The largest absolute Gasteiger partial charge is 0.281 e. The number of hydrazone groups is 1. The summed E-state index contributed by atoms with van der Waals surface area (Å²) in [6.45, 7) is 1.91. The molecule has 1 aliphatic rings. The van der Waals surface area contributed by atoms with E-state index in [0.29, 0.717) is 0 Å². The minimum Gasteiger partial charge on any atom is -0.266 e. The lowest BCUT2D eigenvalue weighted by Gasteiger charge is -2.08. The summed E-state index contributed by atoms with van der Waals surface area (Å²) in [4.78, 5) is 14.6. The molecule has 1 amide bonds. The molecule has 3 aromatic rings. The van der Waals surface area contributed by atoms with Crippen molar-refractivity contribution in [3.05, 3.63) is 81.5 Å². The first kappa shape index (κ1) is 17.7. The third-order valence-electron chi connectivity index (χ3n) is 4.96. The molecule has 0 unspecified atom stereocenters. The van der Waals surface area contributed by atoms with Gasteiger partial charge in [-0.05, 0) is 60.9 Å². The normalized spacial score (nSPS) is 13.9. The van der Waals surface area contributed by atoms with Crippen LogP contribution in [0.5, 0.6) is 0 Å². The first-order chi connectivity index (χ1) is 13.2. The number of nitrogens with one attached hydrogen (secondary N) is 1. The summed E-state index contributed by atoms with van der Waals surface area (Å²) in [6, 6.07) is 20.6. The highest BCUT2D eigenvalue weighted by molar-refractivity contribution is 7.14. The number of carbonyl (C=O) groups excluding carboxylic acids is 1. The second-order valence-electron chi connectivity index (χ2n) is 6.85. The summed E-state index contributed by atoms with van der Waals surface area (Å²) < 4.78 is 0. The second-order valence-corrected chi connectivity index (χ2v) is 7.98. The third kappa shape index (κ3) is 4.01. The van der Waals surface area contributed by atoms with E-state index >= 15 is 0 Å². The van der Waals surface area contributed by atoms with Crippen molar-refractivity contribution in [1.29, 1.82) is 0 Å². The van der Waals surface area contributed by atoms with E-state index in [4.69, 9.17) is 0 Å². The Morgan fingerprint density at radius 1 is 0.963 bits per heavy atom. The van der Waals surface area contributed by atoms with Crippen molar-refractivity contribution in [3.63, 3.8) is 0 Å². The minimum absolute atomic E-state index is 0.116. The van der Waals surface area contributed by atoms with Crippen LogP contribution in [0.1, 0.15) is 45.4 Å². The second kappa shape index (κ2) is 7.89. The van der Waals surface area contributed by atoms with Crippen LogP contribution in [0.3, 0.4) is 0 Å². The maximum absolute atomic E-state index is 12.4. The maximum atomic E-state index is 12.4. The summed E-state index contributed by atoms with van der Waals surface area (Å²) in [6.07, 6.45) is 4.64. The lowest BCUT2D eigenvalue weighted by atomic mass is 9.99. The molecule has 3 nitrogen and oxygen atoms in total. The van der Waals surface area contributed by atoms with Gasteiger partial charge in [-0.1, -0.05) is 54.6 Å². The molecule has 0 saturated heterocycles. The molecule has 1 aromatic heterocycles. The molecule has 0 radical (unpaired) electrons. The van der Waals surface area contributed by atoms with Crippen molar-refractivity contribution in [2.24, 2.45) is 5.10 Å². The van der Waals surface area contributed by atoms with Gasteiger partial charge in [-0.25, -0.2) is 5.43 Å². The van der Waals surface area contributed by atoms with Gasteiger partial charge in [0.1, 0.15) is 0 Å². The van der Waals surface area contributed by atoms with E-state index in [0.717, 1.165) is 29.0 Å². The molecule has 1 aliphatic carbocycles. The Morgan fingerprint density at radius 3 is 2.41 bits per heavy atom. The van der Waals surface area contributed by atoms with Crippen molar-refractivity contribution in [3.8, 4) is 11.1 Å². The first-order valence-electron chi connectivity index (χ1n) is 9.33. The zero-order valence-corrected chi connectivity index (χ0v) is 16.2. The zero-order chi connectivity index (χ0) is 18.6. The number of fused-ring (bicyclic) bond motifs is 1. The van der Waals surface area contributed by atoms with E-state index in [2.05, 4.69) is 34.8 Å². The molecule has 0 aliphatic heterocycles. The number of benzene rings is 2. The number of rotatable bonds is 4. The van der Waals surface area contributed by atoms with E-state index in [1.165, 1.54) is 34.4 Å². The molecule has 0 bridgehead atoms. The van der Waals surface area contributed by atoms with Crippen molar-refractivity contribution in [2.75, 3.05) is 0 Å². The Morgan fingerprint density at radius 2 is 1.67 bits per heavy atom. The van der Waals surface area contributed by atoms with Crippen LogP contribution in [-0.4, -0.2) is 11.6 Å². The van der Waals surface area contributed by atoms with E-state index < -0.39 is 0 Å². The standard InChI is InChI=1S/C23H22N2OS/c1-16(17-11-13-19(14-12-17)18-7-3-2-4-8-18)24-25-23(26)22-15-20-9-5-6-10-21(20)27-22/h2-4,7-8,11-15H,5-6,9-10H2,1H3,(H,25,26)/b24-16-. The highest BCUT2D eigenvalue weighted by atomic mass is 32.1. The van der Waals surface area contributed by atoms with E-state index in [-0.39, 0.29) is 5.91 Å². The number of amides is 1. The van der Waals surface area contributed by atoms with Crippen LogP contribution in [0.4, 0.5) is 0 Å². The molecule has 2 aromatic carbocycles. The smallest absolute Gasteiger partial charge is 0.266 e. The molecular formula is C23H22N2OS. The maximum Gasteiger partial charge on any atom is 0.281 e. The van der Waals surface area contributed by atoms with E-state index in [1.807, 2.05) is 43.3 Å². The molecule has 0 fully saturated rings. The van der Waals surface area contributed by atoms with Gasteiger partial charge in [0.05, 0.1) is 10.6 Å². The van der Waals surface area contributed by atoms with Gasteiger partial charge in [-0.2, -0.15) is 5.10 Å². The molecule has 4 heteroatoms. The predicted octanol–water partition coefficient (Wildman–Crippen LogP) is 5.45. The summed E-state index contributed by atoms with van der Waals surface area (Å²) in [5.74, 6) is -0.116. The van der Waals surface area contributed by atoms with Crippen LogP contribution >= 0.6 is 11.3 Å². The molecule has 1 heterocycles. The topological polar surface area (TPSA) is 41.5 Å². The van der Waals surface area contributed by atoms with Crippen LogP contribution in [0.2, 0.25) is 0 Å². The summed E-state index contributed by atoms with van der Waals surface area (Å²) in [5, 5.41) is 4.30. The number of thiophene rings is 1. The van der Waals surface area contributed by atoms with Gasteiger partial charge in [0.25, 0.3) is 5.91 Å². The lowest BCUT2D eigenvalue weighted by Crippen LogP contribution is -2.18. The van der Waals surface area contributed by atoms with Gasteiger partial charge in [0.15, 0.2) is 0 Å². The molecular weight excluding hydrogens is 352 g/mol. The van der Waals surface area contributed by atoms with Crippen LogP contribution in [-0.2, 0) is 12.8 Å². The Labute approximate surface area is 163 Å². The van der Waals surface area contributed by atoms with Crippen molar-refractivity contribution in [1.82, 2.24) is 5.43 Å². The van der Waals surface area contributed by atoms with Gasteiger partial charge in [0.2, 0.25) is 0 Å². The fourth-order valence-corrected chi connectivity index (χ4v) is 4.53. The third-order valence-corrected chi connectivity index (χ3v) is 6.19.